The van der Waals surface area contributed by atoms with E-state index in [9.17, 15) is 16.8 Å². The van der Waals surface area contributed by atoms with Crippen molar-refractivity contribution in [2.45, 2.75) is 0 Å². The first-order chi connectivity index (χ1) is 8.03. The van der Waals surface area contributed by atoms with Crippen molar-refractivity contribution in [3.8, 4) is 0 Å². The first-order valence-corrected chi connectivity index (χ1v) is 8.71. The Morgan fingerprint density at radius 1 is 0.722 bits per heavy atom. The van der Waals surface area contributed by atoms with Crippen molar-refractivity contribution < 1.29 is 16.8 Å². The van der Waals surface area contributed by atoms with Gasteiger partial charge in [0.15, 0.2) is 0 Å². The fourth-order valence-corrected chi connectivity index (χ4v) is 2.26. The third-order valence-corrected chi connectivity index (χ3v) is 4.98. The maximum Gasteiger partial charge on any atom is 0.231 e. The monoisotopic (exact) mass is 292 g/mol. The van der Waals surface area contributed by atoms with Gasteiger partial charge in [0, 0.05) is 14.1 Å². The SMILES string of the molecule is CN(c1ccc(N(C)S(C)(=O)=O)cc1)S(C)(=O)=O. The summed E-state index contributed by atoms with van der Waals surface area (Å²) in [4.78, 5) is 0. The molecule has 0 aliphatic heterocycles. The molecule has 1 aromatic rings. The second-order valence-electron chi connectivity index (χ2n) is 3.98. The van der Waals surface area contributed by atoms with Gasteiger partial charge in [0.25, 0.3) is 0 Å². The van der Waals surface area contributed by atoms with Gasteiger partial charge in [0.05, 0.1) is 23.9 Å². The standard InChI is InChI=1S/C10H16N2O4S2/c1-11(17(3,13)14)9-5-7-10(8-6-9)12(2)18(4,15)16/h5-8H,1-4H3. The van der Waals surface area contributed by atoms with E-state index in [0.717, 1.165) is 21.1 Å². The summed E-state index contributed by atoms with van der Waals surface area (Å²) in [6.45, 7) is 0. The molecule has 0 radical (unpaired) electrons. The summed E-state index contributed by atoms with van der Waals surface area (Å²) in [7, 11) is -3.76. The van der Waals surface area contributed by atoms with Gasteiger partial charge in [-0.25, -0.2) is 16.8 Å². The van der Waals surface area contributed by atoms with E-state index >= 15 is 0 Å². The van der Waals surface area contributed by atoms with E-state index < -0.39 is 20.0 Å². The number of benzene rings is 1. The van der Waals surface area contributed by atoms with E-state index in [4.69, 9.17) is 0 Å². The summed E-state index contributed by atoms with van der Waals surface area (Å²) in [5, 5.41) is 0. The Balaban J connectivity index is 3.08. The van der Waals surface area contributed by atoms with Crippen molar-refractivity contribution in [3.63, 3.8) is 0 Å². The Hall–Kier alpha value is -1.28. The molecule has 0 fully saturated rings. The van der Waals surface area contributed by atoms with Crippen LogP contribution < -0.4 is 8.61 Å². The quantitative estimate of drug-likeness (QED) is 0.809. The lowest BCUT2D eigenvalue weighted by Gasteiger charge is -2.19. The summed E-state index contributed by atoms with van der Waals surface area (Å²) in [6.07, 6.45) is 2.20. The molecule has 0 N–H and O–H groups in total. The zero-order chi connectivity index (χ0) is 14.1. The molecule has 6 nitrogen and oxygen atoms in total. The van der Waals surface area contributed by atoms with Crippen LogP contribution in [0.3, 0.4) is 0 Å². The van der Waals surface area contributed by atoms with Crippen LogP contribution in [0.5, 0.6) is 0 Å². The molecule has 0 heterocycles. The van der Waals surface area contributed by atoms with Crippen LogP contribution in [0, 0.1) is 0 Å². The summed E-state index contributed by atoms with van der Waals surface area (Å²) in [6, 6.07) is 6.21. The Morgan fingerprint density at radius 3 is 1.11 bits per heavy atom. The normalized spacial score (nSPS) is 12.2. The van der Waals surface area contributed by atoms with Gasteiger partial charge in [-0.1, -0.05) is 0 Å². The van der Waals surface area contributed by atoms with Crippen molar-refractivity contribution in [2.75, 3.05) is 35.2 Å². The van der Waals surface area contributed by atoms with E-state index in [2.05, 4.69) is 0 Å². The van der Waals surface area contributed by atoms with Gasteiger partial charge in [-0.15, -0.1) is 0 Å². The number of nitrogens with zero attached hydrogens (tertiary/aromatic N) is 2. The van der Waals surface area contributed by atoms with Crippen LogP contribution >= 0.6 is 0 Å². The minimum absolute atomic E-state index is 0.475. The van der Waals surface area contributed by atoms with Crippen LogP contribution in [0.2, 0.25) is 0 Å². The average Bonchev–Trinajstić information content (AvgIpc) is 2.25. The Kier molecular flexibility index (Phi) is 3.92. The number of hydrogen-bond acceptors (Lipinski definition) is 4. The van der Waals surface area contributed by atoms with Crippen LogP contribution in [0.15, 0.2) is 24.3 Å². The van der Waals surface area contributed by atoms with Gasteiger partial charge >= 0.3 is 0 Å². The lowest BCUT2D eigenvalue weighted by Crippen LogP contribution is -2.26. The molecule has 0 aromatic heterocycles. The van der Waals surface area contributed by atoms with Crippen LogP contribution in [0.1, 0.15) is 0 Å². The topological polar surface area (TPSA) is 74.8 Å². The molecule has 0 unspecified atom stereocenters. The van der Waals surface area contributed by atoms with E-state index in [1.807, 2.05) is 0 Å². The van der Waals surface area contributed by atoms with E-state index in [1.165, 1.54) is 14.1 Å². The van der Waals surface area contributed by atoms with Crippen molar-refractivity contribution >= 4 is 31.4 Å². The molecule has 0 amide bonds. The molecule has 1 rings (SSSR count). The molecule has 0 saturated carbocycles. The maximum atomic E-state index is 11.3. The van der Waals surface area contributed by atoms with Gasteiger partial charge in [0.1, 0.15) is 0 Å². The molecule has 0 bridgehead atoms. The minimum atomic E-state index is -3.32. The predicted octanol–water partition coefficient (Wildman–Crippen LogP) is 0.478. The molecular weight excluding hydrogens is 276 g/mol. The average molecular weight is 292 g/mol. The molecule has 102 valence electrons. The molecular formula is C10H16N2O4S2. The third kappa shape index (κ3) is 3.36. The lowest BCUT2D eigenvalue weighted by molar-refractivity contribution is 0.598. The first-order valence-electron chi connectivity index (χ1n) is 5.01. The van der Waals surface area contributed by atoms with Crippen LogP contribution in [-0.2, 0) is 20.0 Å². The molecule has 8 heteroatoms. The fraction of sp³-hybridized carbons (Fsp3) is 0.400. The van der Waals surface area contributed by atoms with Gasteiger partial charge in [-0.2, -0.15) is 0 Å². The number of sulfonamides is 2. The van der Waals surface area contributed by atoms with Crippen molar-refractivity contribution in [3.05, 3.63) is 24.3 Å². The molecule has 1 aromatic carbocycles. The summed E-state index contributed by atoms with van der Waals surface area (Å²) in [5.41, 5.74) is 0.950. The van der Waals surface area contributed by atoms with Crippen LogP contribution in [0.4, 0.5) is 11.4 Å². The second kappa shape index (κ2) is 4.77. The fourth-order valence-electron chi connectivity index (χ4n) is 1.26. The summed E-state index contributed by atoms with van der Waals surface area (Å²) < 4.78 is 47.6. The zero-order valence-corrected chi connectivity index (χ0v) is 12.3. The lowest BCUT2D eigenvalue weighted by atomic mass is 10.3. The highest BCUT2D eigenvalue weighted by atomic mass is 32.2. The highest BCUT2D eigenvalue weighted by Gasteiger charge is 2.14. The highest BCUT2D eigenvalue weighted by Crippen LogP contribution is 2.21. The predicted molar refractivity (Wildman–Crippen MR) is 72.9 cm³/mol. The Morgan fingerprint density at radius 2 is 0.944 bits per heavy atom. The van der Waals surface area contributed by atoms with Crippen molar-refractivity contribution in [2.24, 2.45) is 0 Å². The molecule has 0 aliphatic rings. The molecule has 0 atom stereocenters. The zero-order valence-electron chi connectivity index (χ0n) is 10.7. The minimum Gasteiger partial charge on any atom is -0.274 e. The summed E-state index contributed by atoms with van der Waals surface area (Å²) >= 11 is 0. The first kappa shape index (κ1) is 14.8. The molecule has 18 heavy (non-hydrogen) atoms. The van der Waals surface area contributed by atoms with Gasteiger partial charge in [-0.05, 0) is 24.3 Å². The number of rotatable bonds is 4. The van der Waals surface area contributed by atoms with Gasteiger partial charge in [-0.3, -0.25) is 8.61 Å². The van der Waals surface area contributed by atoms with E-state index in [0.29, 0.717) is 11.4 Å². The maximum absolute atomic E-state index is 11.3. The molecule has 0 spiro atoms. The van der Waals surface area contributed by atoms with Crippen molar-refractivity contribution in [1.82, 2.24) is 0 Å². The number of hydrogen-bond donors (Lipinski definition) is 0. The third-order valence-electron chi connectivity index (χ3n) is 2.57. The Labute approximate surface area is 108 Å². The second-order valence-corrected chi connectivity index (χ2v) is 8.00. The molecule has 0 aliphatic carbocycles. The largest absolute Gasteiger partial charge is 0.274 e. The smallest absolute Gasteiger partial charge is 0.231 e. The molecule has 0 saturated heterocycles. The van der Waals surface area contributed by atoms with E-state index in [1.54, 1.807) is 24.3 Å². The van der Waals surface area contributed by atoms with Crippen LogP contribution in [-0.4, -0.2) is 43.4 Å². The van der Waals surface area contributed by atoms with Crippen LogP contribution in [0.25, 0.3) is 0 Å². The number of anilines is 2. The van der Waals surface area contributed by atoms with Crippen molar-refractivity contribution in [1.29, 1.82) is 0 Å². The van der Waals surface area contributed by atoms with E-state index in [-0.39, 0.29) is 0 Å². The Bertz CT molecular complexity index is 563. The summed E-state index contributed by atoms with van der Waals surface area (Å²) in [5.74, 6) is 0. The van der Waals surface area contributed by atoms with Gasteiger partial charge in [0.2, 0.25) is 20.0 Å². The highest BCUT2D eigenvalue weighted by molar-refractivity contribution is 7.92. The van der Waals surface area contributed by atoms with Gasteiger partial charge < -0.3 is 0 Å².